The van der Waals surface area contributed by atoms with Crippen LogP contribution >= 0.6 is 0 Å². The SMILES string of the molecule is c1ccc(-c2ccc(-c3nc4c5c(nc(-c6ccc(-c7ccc8ccccc8c7)cc6)nc5n3)-c3ccccc3-4)cc2)cc1. The van der Waals surface area contributed by atoms with E-state index in [0.717, 1.165) is 50.2 Å². The van der Waals surface area contributed by atoms with E-state index < -0.39 is 0 Å². The molecule has 4 heteroatoms. The van der Waals surface area contributed by atoms with Gasteiger partial charge in [-0.25, -0.2) is 19.9 Å². The Balaban J connectivity index is 1.15. The van der Waals surface area contributed by atoms with Crippen LogP contribution in [0.15, 0.2) is 146 Å². The molecule has 4 nitrogen and oxygen atoms in total. The number of aromatic nitrogens is 4. The predicted octanol–water partition coefficient (Wildman–Crippen LogP) is 9.89. The van der Waals surface area contributed by atoms with E-state index in [1.54, 1.807) is 0 Å². The lowest BCUT2D eigenvalue weighted by Crippen LogP contribution is -1.98. The van der Waals surface area contributed by atoms with Crippen LogP contribution in [0, 0.1) is 0 Å². The van der Waals surface area contributed by atoms with E-state index in [0.29, 0.717) is 17.3 Å². The number of benzene rings is 6. The average Bonchev–Trinajstić information content (AvgIpc) is 3.42. The van der Waals surface area contributed by atoms with E-state index in [9.17, 15) is 0 Å². The third-order valence-corrected chi connectivity index (χ3v) is 8.47. The molecule has 0 atom stereocenters. The summed E-state index contributed by atoms with van der Waals surface area (Å²) in [6.07, 6.45) is 0. The molecule has 2 aromatic heterocycles. The predicted molar refractivity (Wildman–Crippen MR) is 179 cm³/mol. The van der Waals surface area contributed by atoms with Crippen LogP contribution in [0.2, 0.25) is 0 Å². The molecule has 1 aliphatic rings. The quantitative estimate of drug-likeness (QED) is 0.215. The van der Waals surface area contributed by atoms with Gasteiger partial charge in [0, 0.05) is 22.3 Å². The standard InChI is InChI=1S/C40H24N4/c1-2-8-25(9-3-1)27-14-19-29(20-15-27)38-41-36-33-12-6-7-13-34(33)37-35(36)40(43-38)44-39(42-37)30-21-16-28(17-22-30)32-23-18-26-10-4-5-11-31(26)24-32/h1-24H. The summed E-state index contributed by atoms with van der Waals surface area (Å²) in [4.78, 5) is 20.2. The van der Waals surface area contributed by atoms with Crippen LogP contribution < -0.4 is 0 Å². The number of hydrogen-bond donors (Lipinski definition) is 0. The first-order valence-corrected chi connectivity index (χ1v) is 14.7. The van der Waals surface area contributed by atoms with Gasteiger partial charge in [0.25, 0.3) is 0 Å². The molecule has 0 saturated heterocycles. The van der Waals surface area contributed by atoms with Gasteiger partial charge in [-0.05, 0) is 39.1 Å². The van der Waals surface area contributed by atoms with Crippen molar-refractivity contribution in [2.75, 3.05) is 0 Å². The minimum absolute atomic E-state index is 0.657. The molecule has 0 fully saturated rings. The topological polar surface area (TPSA) is 51.6 Å². The molecular weight excluding hydrogens is 536 g/mol. The second-order valence-corrected chi connectivity index (χ2v) is 11.1. The fourth-order valence-corrected chi connectivity index (χ4v) is 6.20. The number of rotatable bonds is 4. The Morgan fingerprint density at radius 3 is 1.39 bits per heavy atom. The largest absolute Gasteiger partial charge is 0.227 e. The van der Waals surface area contributed by atoms with Gasteiger partial charge in [-0.15, -0.1) is 0 Å². The Morgan fingerprint density at radius 2 is 0.773 bits per heavy atom. The first-order chi connectivity index (χ1) is 21.8. The number of fused-ring (bicyclic) bond motifs is 4. The molecule has 204 valence electrons. The van der Waals surface area contributed by atoms with Crippen LogP contribution in [0.5, 0.6) is 0 Å². The number of hydrogen-bond acceptors (Lipinski definition) is 4. The third kappa shape index (κ3) is 4.00. The summed E-state index contributed by atoms with van der Waals surface area (Å²) in [6.45, 7) is 0. The average molecular weight is 561 g/mol. The van der Waals surface area contributed by atoms with Crippen LogP contribution in [0.1, 0.15) is 0 Å². The van der Waals surface area contributed by atoms with Gasteiger partial charge in [0.1, 0.15) is 0 Å². The van der Waals surface area contributed by atoms with Crippen molar-refractivity contribution in [3.8, 4) is 67.5 Å². The molecule has 0 radical (unpaired) electrons. The smallest absolute Gasteiger partial charge is 0.168 e. The molecule has 9 rings (SSSR count). The highest BCUT2D eigenvalue weighted by Gasteiger charge is 2.27. The molecular formula is C40H24N4. The Bertz CT molecular complexity index is 2360. The Kier molecular flexibility index (Phi) is 5.47. The Morgan fingerprint density at radius 1 is 0.318 bits per heavy atom. The van der Waals surface area contributed by atoms with Crippen molar-refractivity contribution < 1.29 is 0 Å². The van der Waals surface area contributed by atoms with Crippen LogP contribution in [0.3, 0.4) is 0 Å². The highest BCUT2D eigenvalue weighted by atomic mass is 15.0. The zero-order valence-electron chi connectivity index (χ0n) is 23.6. The van der Waals surface area contributed by atoms with Crippen molar-refractivity contribution in [3.05, 3.63) is 146 Å². The zero-order chi connectivity index (χ0) is 29.0. The molecule has 0 saturated carbocycles. The van der Waals surface area contributed by atoms with Crippen LogP contribution in [-0.4, -0.2) is 19.9 Å². The fraction of sp³-hybridized carbons (Fsp3) is 0. The van der Waals surface area contributed by atoms with E-state index in [2.05, 4.69) is 127 Å². The van der Waals surface area contributed by atoms with E-state index >= 15 is 0 Å². The van der Waals surface area contributed by atoms with E-state index in [1.165, 1.54) is 21.9 Å². The maximum Gasteiger partial charge on any atom is 0.168 e. The van der Waals surface area contributed by atoms with Crippen LogP contribution in [-0.2, 0) is 0 Å². The van der Waals surface area contributed by atoms with Gasteiger partial charge >= 0.3 is 0 Å². The molecule has 0 bridgehead atoms. The molecule has 6 aromatic carbocycles. The van der Waals surface area contributed by atoms with E-state index in [-0.39, 0.29) is 0 Å². The van der Waals surface area contributed by atoms with Crippen LogP contribution in [0.4, 0.5) is 0 Å². The molecule has 44 heavy (non-hydrogen) atoms. The maximum atomic E-state index is 5.08. The number of nitrogens with zero attached hydrogens (tertiary/aromatic N) is 4. The van der Waals surface area contributed by atoms with E-state index in [1.807, 2.05) is 18.2 Å². The highest BCUT2D eigenvalue weighted by molar-refractivity contribution is 6.11. The lowest BCUT2D eigenvalue weighted by molar-refractivity contribution is 1.16. The van der Waals surface area contributed by atoms with Gasteiger partial charge in [0.2, 0.25) is 0 Å². The van der Waals surface area contributed by atoms with Gasteiger partial charge in [0.15, 0.2) is 17.3 Å². The van der Waals surface area contributed by atoms with Gasteiger partial charge in [-0.1, -0.05) is 140 Å². The molecule has 0 amide bonds. The summed E-state index contributed by atoms with van der Waals surface area (Å²) >= 11 is 0. The summed E-state index contributed by atoms with van der Waals surface area (Å²) < 4.78 is 0. The van der Waals surface area contributed by atoms with Crippen molar-refractivity contribution in [3.63, 3.8) is 0 Å². The molecule has 2 heterocycles. The van der Waals surface area contributed by atoms with Gasteiger partial charge < -0.3 is 0 Å². The lowest BCUT2D eigenvalue weighted by atomic mass is 10.00. The maximum absolute atomic E-state index is 5.08. The third-order valence-electron chi connectivity index (χ3n) is 8.47. The Labute approximate surface area is 254 Å². The minimum Gasteiger partial charge on any atom is -0.227 e. The highest BCUT2D eigenvalue weighted by Crippen LogP contribution is 2.45. The monoisotopic (exact) mass is 560 g/mol. The molecule has 0 N–H and O–H groups in total. The van der Waals surface area contributed by atoms with Crippen molar-refractivity contribution in [2.24, 2.45) is 0 Å². The molecule has 8 aromatic rings. The van der Waals surface area contributed by atoms with Crippen molar-refractivity contribution >= 4 is 21.8 Å². The van der Waals surface area contributed by atoms with Crippen molar-refractivity contribution in [1.82, 2.24) is 19.9 Å². The van der Waals surface area contributed by atoms with Crippen molar-refractivity contribution in [2.45, 2.75) is 0 Å². The summed E-state index contributed by atoms with van der Waals surface area (Å²) in [6, 6.07) is 50.6. The molecule has 0 aliphatic heterocycles. The van der Waals surface area contributed by atoms with Gasteiger partial charge in [-0.3, -0.25) is 0 Å². The summed E-state index contributed by atoms with van der Waals surface area (Å²) in [7, 11) is 0. The second-order valence-electron chi connectivity index (χ2n) is 11.1. The second kappa shape index (κ2) is 9.79. The van der Waals surface area contributed by atoms with Gasteiger partial charge in [-0.2, -0.15) is 0 Å². The van der Waals surface area contributed by atoms with Gasteiger partial charge in [0.05, 0.1) is 16.8 Å². The van der Waals surface area contributed by atoms with Crippen molar-refractivity contribution in [1.29, 1.82) is 0 Å². The molecule has 0 unspecified atom stereocenters. The minimum atomic E-state index is 0.657. The first kappa shape index (κ1) is 24.6. The van der Waals surface area contributed by atoms with Crippen LogP contribution in [0.25, 0.3) is 89.4 Å². The first-order valence-electron chi connectivity index (χ1n) is 14.7. The summed E-state index contributed by atoms with van der Waals surface area (Å²) in [5.41, 5.74) is 11.1. The molecule has 0 spiro atoms. The normalized spacial score (nSPS) is 11.6. The molecule has 1 aliphatic carbocycles. The Hall–Kier alpha value is -6.00. The lowest BCUT2D eigenvalue weighted by Gasteiger charge is -2.09. The van der Waals surface area contributed by atoms with E-state index in [4.69, 9.17) is 19.9 Å². The summed E-state index contributed by atoms with van der Waals surface area (Å²) in [5, 5.41) is 3.38. The summed E-state index contributed by atoms with van der Waals surface area (Å²) in [5.74, 6) is 1.32. The zero-order valence-corrected chi connectivity index (χ0v) is 23.6. The fourth-order valence-electron chi connectivity index (χ4n) is 6.20.